The van der Waals surface area contributed by atoms with E-state index in [1.807, 2.05) is 0 Å². The van der Waals surface area contributed by atoms with Crippen LogP contribution in [-0.2, 0) is 22.4 Å². The standard InChI is InChI=1S/C31H32Cl2F2N2O8S/c1-17(36-46(40)41)22-8-6-21(11-28(22)42-15-18-2-3-18)30(38)44-27(12-23-24(32)13-37(39)14-25(23)33)20-7-9-26(45-31(34)35)29(10-20)43-16-19-4-5-19/h6-11,13-14,17-19,27,31,36H,2-5,12,15-16H2,1H3,(H,40,41)/p-1/t17?,27-/m0/s1. The van der Waals surface area contributed by atoms with Gasteiger partial charge in [0.15, 0.2) is 23.9 Å². The van der Waals surface area contributed by atoms with Crippen LogP contribution in [0.5, 0.6) is 17.2 Å². The number of benzene rings is 2. The van der Waals surface area contributed by atoms with Crippen LogP contribution in [0.4, 0.5) is 8.78 Å². The molecule has 2 saturated carbocycles. The molecule has 2 aliphatic carbocycles. The molecule has 15 heteroatoms. The Morgan fingerprint density at radius 2 is 1.63 bits per heavy atom. The van der Waals surface area contributed by atoms with Gasteiger partial charge in [-0.1, -0.05) is 35.3 Å². The van der Waals surface area contributed by atoms with Gasteiger partial charge < -0.3 is 28.7 Å². The first-order chi connectivity index (χ1) is 22.0. The van der Waals surface area contributed by atoms with Gasteiger partial charge in [-0.2, -0.15) is 13.5 Å². The van der Waals surface area contributed by atoms with Crippen LogP contribution in [0.1, 0.15) is 71.8 Å². The van der Waals surface area contributed by atoms with Crippen molar-refractivity contribution >= 4 is 40.4 Å². The molecule has 2 aromatic carbocycles. The number of pyridine rings is 1. The van der Waals surface area contributed by atoms with E-state index in [-0.39, 0.29) is 33.5 Å². The first-order valence-electron chi connectivity index (χ1n) is 14.6. The minimum atomic E-state index is -3.09. The predicted octanol–water partition coefficient (Wildman–Crippen LogP) is 6.39. The fourth-order valence-corrected chi connectivity index (χ4v) is 5.72. The van der Waals surface area contributed by atoms with Crippen molar-refractivity contribution in [3.8, 4) is 17.2 Å². The Kier molecular flexibility index (Phi) is 11.2. The average molecular weight is 701 g/mol. The quantitative estimate of drug-likeness (QED) is 0.0787. The van der Waals surface area contributed by atoms with Crippen molar-refractivity contribution in [2.75, 3.05) is 13.2 Å². The smallest absolute Gasteiger partial charge is 0.387 e. The molecule has 0 amide bonds. The summed E-state index contributed by atoms with van der Waals surface area (Å²) in [5.74, 6) is 0.112. The molecule has 2 aliphatic rings. The summed E-state index contributed by atoms with van der Waals surface area (Å²) in [7, 11) is 0. The van der Waals surface area contributed by atoms with Crippen molar-refractivity contribution in [1.82, 2.24) is 4.72 Å². The zero-order chi connectivity index (χ0) is 33.0. The summed E-state index contributed by atoms with van der Waals surface area (Å²) in [6, 6.07) is 8.13. The molecule has 1 heterocycles. The summed E-state index contributed by atoms with van der Waals surface area (Å²) in [5.41, 5.74) is 1.32. The molecule has 1 aromatic heterocycles. The normalized spacial score (nSPS) is 16.5. The zero-order valence-corrected chi connectivity index (χ0v) is 26.9. The Morgan fingerprint density at radius 1 is 1.00 bits per heavy atom. The highest BCUT2D eigenvalue weighted by Gasteiger charge is 2.28. The van der Waals surface area contributed by atoms with E-state index < -0.39 is 36.0 Å². The molecule has 248 valence electrons. The number of ether oxygens (including phenoxy) is 4. The van der Waals surface area contributed by atoms with Crippen LogP contribution in [0, 0.1) is 17.0 Å². The fraction of sp³-hybridized carbons (Fsp3) is 0.419. The van der Waals surface area contributed by atoms with Crippen LogP contribution < -0.4 is 23.7 Å². The molecule has 5 rings (SSSR count). The second-order valence-electron chi connectivity index (χ2n) is 11.3. The Morgan fingerprint density at radius 3 is 2.22 bits per heavy atom. The predicted molar refractivity (Wildman–Crippen MR) is 164 cm³/mol. The molecule has 0 radical (unpaired) electrons. The van der Waals surface area contributed by atoms with Crippen LogP contribution in [0.15, 0.2) is 48.8 Å². The largest absolute Gasteiger partial charge is 0.760 e. The number of alkyl halides is 2. The number of halogens is 4. The van der Waals surface area contributed by atoms with E-state index in [2.05, 4.69) is 9.46 Å². The third-order valence-corrected chi connectivity index (χ3v) is 8.78. The van der Waals surface area contributed by atoms with Gasteiger partial charge in [0, 0.05) is 34.9 Å². The maximum Gasteiger partial charge on any atom is 0.387 e. The van der Waals surface area contributed by atoms with Crippen molar-refractivity contribution in [1.29, 1.82) is 0 Å². The Hall–Kier alpha value is -3.23. The van der Waals surface area contributed by atoms with Gasteiger partial charge in [0.1, 0.15) is 21.9 Å². The highest BCUT2D eigenvalue weighted by molar-refractivity contribution is 7.77. The number of hydrogen-bond donors (Lipinski definition) is 1. The van der Waals surface area contributed by atoms with Crippen LogP contribution in [-0.4, -0.2) is 34.6 Å². The molecule has 3 aromatic rings. The number of rotatable bonds is 16. The minimum Gasteiger partial charge on any atom is -0.760 e. The zero-order valence-electron chi connectivity index (χ0n) is 24.6. The number of hydrogen-bond acceptors (Lipinski definition) is 8. The first kappa shape index (κ1) is 34.1. The van der Waals surface area contributed by atoms with E-state index in [0.29, 0.717) is 52.2 Å². The van der Waals surface area contributed by atoms with E-state index in [4.69, 9.17) is 37.4 Å². The highest BCUT2D eigenvalue weighted by Crippen LogP contribution is 2.39. The summed E-state index contributed by atoms with van der Waals surface area (Å²) in [4.78, 5) is 13.7. The van der Waals surface area contributed by atoms with Crippen molar-refractivity contribution in [3.05, 3.63) is 86.3 Å². The third kappa shape index (κ3) is 9.41. The minimum absolute atomic E-state index is 0.0313. The number of nitrogens with one attached hydrogen (secondary N) is 1. The number of nitrogens with zero attached hydrogens (tertiary/aromatic N) is 1. The summed E-state index contributed by atoms with van der Waals surface area (Å²) < 4.78 is 74.2. The molecule has 10 nitrogen and oxygen atoms in total. The van der Waals surface area contributed by atoms with Gasteiger partial charge in [0.2, 0.25) is 0 Å². The van der Waals surface area contributed by atoms with Gasteiger partial charge in [-0.3, -0.25) is 4.21 Å². The summed E-state index contributed by atoms with van der Waals surface area (Å²) >= 11 is 10.2. The maximum absolute atomic E-state index is 13.7. The van der Waals surface area contributed by atoms with Crippen molar-refractivity contribution in [2.45, 2.75) is 57.8 Å². The van der Waals surface area contributed by atoms with Gasteiger partial charge in [-0.05, 0) is 74.3 Å². The monoisotopic (exact) mass is 699 g/mol. The third-order valence-electron chi connectivity index (χ3n) is 7.58. The van der Waals surface area contributed by atoms with Gasteiger partial charge >= 0.3 is 12.6 Å². The van der Waals surface area contributed by atoms with Crippen LogP contribution in [0.2, 0.25) is 10.0 Å². The lowest BCUT2D eigenvalue weighted by atomic mass is 10.0. The number of carbonyl (C=O) groups excluding carboxylic acids is 1. The molecule has 0 aliphatic heterocycles. The van der Waals surface area contributed by atoms with E-state index in [9.17, 15) is 27.5 Å². The van der Waals surface area contributed by atoms with E-state index >= 15 is 0 Å². The maximum atomic E-state index is 13.7. The summed E-state index contributed by atoms with van der Waals surface area (Å²) in [6.07, 6.45) is 5.02. The second kappa shape index (κ2) is 15.1. The Balaban J connectivity index is 1.47. The van der Waals surface area contributed by atoms with Crippen LogP contribution in [0.3, 0.4) is 0 Å². The Bertz CT molecular complexity index is 1570. The molecule has 1 N–H and O–H groups in total. The molecule has 2 unspecified atom stereocenters. The molecule has 0 saturated heterocycles. The van der Waals surface area contributed by atoms with E-state index in [0.717, 1.165) is 38.1 Å². The number of carbonyl (C=O) groups is 1. The molecule has 46 heavy (non-hydrogen) atoms. The topological polar surface area (TPSA) is 133 Å². The SMILES string of the molecule is CC(NS(=O)[O-])c1ccc(C(=O)O[C@@H](Cc2c(Cl)c[n+]([O-])cc2Cl)c2ccc(OC(F)F)c(OCC3CC3)c2)cc1OCC1CC1. The van der Waals surface area contributed by atoms with E-state index in [1.165, 1.54) is 30.3 Å². The summed E-state index contributed by atoms with van der Waals surface area (Å²) in [6.45, 7) is -0.736. The molecule has 3 atom stereocenters. The lowest BCUT2D eigenvalue weighted by Crippen LogP contribution is -2.25. The van der Waals surface area contributed by atoms with Crippen LogP contribution in [0.25, 0.3) is 0 Å². The molecular formula is C31H31Cl2F2N2O8S-. The van der Waals surface area contributed by atoms with Crippen LogP contribution >= 0.6 is 23.2 Å². The Labute approximate surface area is 276 Å². The number of esters is 1. The molecule has 0 bridgehead atoms. The average Bonchev–Trinajstić information content (AvgIpc) is 3.92. The van der Waals surface area contributed by atoms with Gasteiger partial charge in [0.05, 0.1) is 18.8 Å². The van der Waals surface area contributed by atoms with Crippen molar-refractivity contribution < 1.29 is 46.0 Å². The molecular weight excluding hydrogens is 669 g/mol. The molecule has 2 fully saturated rings. The highest BCUT2D eigenvalue weighted by atomic mass is 35.5. The fourth-order valence-electron chi connectivity index (χ4n) is 4.70. The lowest BCUT2D eigenvalue weighted by molar-refractivity contribution is -0.605. The van der Waals surface area contributed by atoms with Crippen molar-refractivity contribution in [2.24, 2.45) is 11.8 Å². The van der Waals surface area contributed by atoms with Gasteiger partial charge in [-0.25, -0.2) is 9.52 Å². The van der Waals surface area contributed by atoms with Crippen molar-refractivity contribution in [3.63, 3.8) is 0 Å². The van der Waals surface area contributed by atoms with Gasteiger partial charge in [-0.15, -0.1) is 0 Å². The number of aromatic nitrogens is 1. The second-order valence-corrected chi connectivity index (χ2v) is 12.8. The first-order valence-corrected chi connectivity index (χ1v) is 16.4. The van der Waals surface area contributed by atoms with E-state index in [1.54, 1.807) is 13.0 Å². The lowest BCUT2D eigenvalue weighted by Gasteiger charge is -2.22. The summed E-state index contributed by atoms with van der Waals surface area (Å²) in [5, 5.41) is 11.9. The van der Waals surface area contributed by atoms with Gasteiger partial charge in [0.25, 0.3) is 0 Å². The molecule has 0 spiro atoms.